The largest absolute Gasteiger partial charge is 0.396 e. The number of aromatic nitrogens is 1. The van der Waals surface area contributed by atoms with Gasteiger partial charge in [0.15, 0.2) is 0 Å². The van der Waals surface area contributed by atoms with Crippen molar-refractivity contribution < 1.29 is 0 Å². The lowest BCUT2D eigenvalue weighted by atomic mass is 10.0. The number of rotatable bonds is 3. The maximum atomic E-state index is 9.48. The minimum atomic E-state index is 0.556. The monoisotopic (exact) mass is 328 g/mol. The van der Waals surface area contributed by atoms with Gasteiger partial charge in [-0.3, -0.25) is 0 Å². The van der Waals surface area contributed by atoms with Gasteiger partial charge in [0.1, 0.15) is 17.6 Å². The summed E-state index contributed by atoms with van der Waals surface area (Å²) in [6.07, 6.45) is 2.40. The number of nitrogens with two attached hydrogens (primary N) is 1. The first-order valence-corrected chi connectivity index (χ1v) is 8.35. The molecule has 2 aromatic rings. The SMILES string of the molecule is C[C@H]1CCCN(c2c(N)cc(C#N)n2Cc2ccccc2Cl)C1. The Bertz CT molecular complexity index is 744. The van der Waals surface area contributed by atoms with Crippen LogP contribution in [0.15, 0.2) is 30.3 Å². The van der Waals surface area contributed by atoms with Gasteiger partial charge in [0.25, 0.3) is 0 Å². The van der Waals surface area contributed by atoms with Gasteiger partial charge in [0, 0.05) is 18.1 Å². The van der Waals surface area contributed by atoms with Crippen molar-refractivity contribution in [2.24, 2.45) is 5.92 Å². The van der Waals surface area contributed by atoms with E-state index in [0.717, 1.165) is 30.9 Å². The molecule has 2 N–H and O–H groups in total. The Kier molecular flexibility index (Phi) is 4.49. The molecule has 0 unspecified atom stereocenters. The molecule has 1 aromatic carbocycles. The summed E-state index contributed by atoms with van der Waals surface area (Å²) in [5.41, 5.74) is 8.48. The van der Waals surface area contributed by atoms with Crippen LogP contribution in [-0.2, 0) is 6.54 Å². The molecule has 0 amide bonds. The lowest BCUT2D eigenvalue weighted by Crippen LogP contribution is -2.36. The van der Waals surface area contributed by atoms with Crippen LogP contribution in [0.1, 0.15) is 31.0 Å². The van der Waals surface area contributed by atoms with Crippen LogP contribution in [0.4, 0.5) is 11.5 Å². The zero-order valence-electron chi connectivity index (χ0n) is 13.3. The normalized spacial score (nSPS) is 18.0. The number of hydrogen-bond acceptors (Lipinski definition) is 3. The van der Waals surface area contributed by atoms with Gasteiger partial charge in [-0.15, -0.1) is 0 Å². The third-order valence-corrected chi connectivity index (χ3v) is 4.82. The van der Waals surface area contributed by atoms with Crippen LogP contribution in [0.2, 0.25) is 5.02 Å². The molecule has 0 aliphatic carbocycles. The summed E-state index contributed by atoms with van der Waals surface area (Å²) < 4.78 is 1.99. The van der Waals surface area contributed by atoms with Gasteiger partial charge in [-0.25, -0.2) is 0 Å². The predicted molar refractivity (Wildman–Crippen MR) is 94.7 cm³/mol. The topological polar surface area (TPSA) is 58.0 Å². The highest BCUT2D eigenvalue weighted by Gasteiger charge is 2.24. The Morgan fingerprint density at radius 3 is 2.87 bits per heavy atom. The Labute approximate surface area is 142 Å². The van der Waals surface area contributed by atoms with Gasteiger partial charge < -0.3 is 15.2 Å². The van der Waals surface area contributed by atoms with Gasteiger partial charge in [0.05, 0.1) is 12.2 Å². The van der Waals surface area contributed by atoms with Gasteiger partial charge in [-0.2, -0.15) is 5.26 Å². The van der Waals surface area contributed by atoms with E-state index in [1.807, 2.05) is 28.8 Å². The Morgan fingerprint density at radius 1 is 1.39 bits per heavy atom. The van der Waals surface area contributed by atoms with Crippen molar-refractivity contribution in [3.63, 3.8) is 0 Å². The average molecular weight is 329 g/mol. The number of halogens is 1. The minimum Gasteiger partial charge on any atom is -0.396 e. The number of benzene rings is 1. The van der Waals surface area contributed by atoms with Crippen molar-refractivity contribution in [1.29, 1.82) is 5.26 Å². The standard InChI is InChI=1S/C18H21ClN4/c1-13-5-4-8-22(11-13)18-17(21)9-15(10-20)23(18)12-14-6-2-3-7-16(14)19/h2-3,6-7,9,13H,4-5,8,11-12,21H2,1H3/t13-/m0/s1. The molecular weight excluding hydrogens is 308 g/mol. The van der Waals surface area contributed by atoms with E-state index < -0.39 is 0 Å². The van der Waals surface area contributed by atoms with Crippen LogP contribution < -0.4 is 10.6 Å². The molecule has 23 heavy (non-hydrogen) atoms. The third kappa shape index (κ3) is 3.16. The lowest BCUT2D eigenvalue weighted by molar-refractivity contribution is 0.441. The summed E-state index contributed by atoms with van der Waals surface area (Å²) >= 11 is 6.30. The molecule has 1 aliphatic rings. The maximum Gasteiger partial charge on any atom is 0.133 e. The summed E-state index contributed by atoms with van der Waals surface area (Å²) in [7, 11) is 0. The average Bonchev–Trinajstić information content (AvgIpc) is 2.85. The smallest absolute Gasteiger partial charge is 0.133 e. The molecular formula is C18H21ClN4. The number of anilines is 2. The van der Waals surface area contributed by atoms with Crippen LogP contribution in [0.25, 0.3) is 0 Å². The van der Waals surface area contributed by atoms with Crippen molar-refractivity contribution >= 4 is 23.1 Å². The van der Waals surface area contributed by atoms with Crippen LogP contribution in [0, 0.1) is 17.2 Å². The first-order valence-electron chi connectivity index (χ1n) is 7.97. The molecule has 3 rings (SSSR count). The van der Waals surface area contributed by atoms with E-state index in [-0.39, 0.29) is 0 Å². The van der Waals surface area contributed by atoms with Crippen LogP contribution >= 0.6 is 11.6 Å². The number of nitrogens with zero attached hydrogens (tertiary/aromatic N) is 3. The molecule has 1 aliphatic heterocycles. The molecule has 5 heteroatoms. The molecule has 0 radical (unpaired) electrons. The molecule has 1 atom stereocenters. The Hall–Kier alpha value is -2.12. The van der Waals surface area contributed by atoms with Crippen molar-refractivity contribution in [2.75, 3.05) is 23.7 Å². The first kappa shape index (κ1) is 15.8. The molecule has 0 saturated carbocycles. The maximum absolute atomic E-state index is 9.48. The number of hydrogen-bond donors (Lipinski definition) is 1. The van der Waals surface area contributed by atoms with E-state index in [4.69, 9.17) is 17.3 Å². The van der Waals surface area contributed by atoms with Crippen molar-refractivity contribution in [3.8, 4) is 6.07 Å². The van der Waals surface area contributed by atoms with Gasteiger partial charge in [-0.1, -0.05) is 36.7 Å². The quantitative estimate of drug-likeness (QED) is 0.930. The second-order valence-electron chi connectivity index (χ2n) is 6.29. The van der Waals surface area contributed by atoms with Gasteiger partial charge in [-0.05, 0) is 36.5 Å². The van der Waals surface area contributed by atoms with Crippen molar-refractivity contribution in [3.05, 3.63) is 46.6 Å². The fraction of sp³-hybridized carbons (Fsp3) is 0.389. The van der Waals surface area contributed by atoms with E-state index in [0.29, 0.717) is 28.9 Å². The molecule has 1 aromatic heterocycles. The summed E-state index contributed by atoms with van der Waals surface area (Å²) in [5, 5.41) is 10.2. The van der Waals surface area contributed by atoms with Crippen molar-refractivity contribution in [2.45, 2.75) is 26.3 Å². The highest BCUT2D eigenvalue weighted by Crippen LogP contribution is 2.32. The first-order chi connectivity index (χ1) is 11.1. The fourth-order valence-corrected chi connectivity index (χ4v) is 3.54. The lowest BCUT2D eigenvalue weighted by Gasteiger charge is -2.34. The van der Waals surface area contributed by atoms with Gasteiger partial charge >= 0.3 is 0 Å². The van der Waals surface area contributed by atoms with E-state index in [9.17, 15) is 5.26 Å². The Morgan fingerprint density at radius 2 is 2.17 bits per heavy atom. The second kappa shape index (κ2) is 6.55. The van der Waals surface area contributed by atoms with E-state index in [1.54, 1.807) is 6.07 Å². The molecule has 4 nitrogen and oxygen atoms in total. The molecule has 120 valence electrons. The fourth-order valence-electron chi connectivity index (χ4n) is 3.34. The minimum absolute atomic E-state index is 0.556. The summed E-state index contributed by atoms with van der Waals surface area (Å²) in [5.74, 6) is 1.59. The van der Waals surface area contributed by atoms with E-state index in [1.165, 1.54) is 6.42 Å². The summed E-state index contributed by atoms with van der Waals surface area (Å²) in [6.45, 7) is 4.77. The van der Waals surface area contributed by atoms with Crippen LogP contribution in [0.3, 0.4) is 0 Å². The molecule has 1 fully saturated rings. The van der Waals surface area contributed by atoms with Gasteiger partial charge in [0.2, 0.25) is 0 Å². The highest BCUT2D eigenvalue weighted by molar-refractivity contribution is 6.31. The number of nitriles is 1. The highest BCUT2D eigenvalue weighted by atomic mass is 35.5. The Balaban J connectivity index is 2.01. The zero-order valence-corrected chi connectivity index (χ0v) is 14.1. The number of piperidine rings is 1. The third-order valence-electron chi connectivity index (χ3n) is 4.45. The summed E-state index contributed by atoms with van der Waals surface area (Å²) in [4.78, 5) is 2.31. The van der Waals surface area contributed by atoms with Crippen molar-refractivity contribution in [1.82, 2.24) is 4.57 Å². The van der Waals surface area contributed by atoms with E-state index in [2.05, 4.69) is 17.9 Å². The second-order valence-corrected chi connectivity index (χ2v) is 6.70. The number of nitrogen functional groups attached to an aromatic ring is 1. The van der Waals surface area contributed by atoms with Crippen LogP contribution in [-0.4, -0.2) is 17.7 Å². The molecule has 1 saturated heterocycles. The molecule has 2 heterocycles. The van der Waals surface area contributed by atoms with Crippen LogP contribution in [0.5, 0.6) is 0 Å². The predicted octanol–water partition coefficient (Wildman–Crippen LogP) is 3.88. The summed E-state index contributed by atoms with van der Waals surface area (Å²) in [6, 6.07) is 11.8. The van der Waals surface area contributed by atoms with E-state index >= 15 is 0 Å². The molecule has 0 spiro atoms. The zero-order chi connectivity index (χ0) is 16.4. The molecule has 0 bridgehead atoms.